The van der Waals surface area contributed by atoms with Gasteiger partial charge in [0.1, 0.15) is 0 Å². The molecule has 0 aromatic heterocycles. The van der Waals surface area contributed by atoms with E-state index in [1.54, 1.807) is 0 Å². The summed E-state index contributed by atoms with van der Waals surface area (Å²) in [5, 5.41) is 0.847. The van der Waals surface area contributed by atoms with Gasteiger partial charge in [0, 0.05) is 36.7 Å². The zero-order valence-corrected chi connectivity index (χ0v) is 11.7. The number of hydrogen-bond donors (Lipinski definition) is 0. The Bertz CT molecular complexity index is 421. The normalized spacial score (nSPS) is 29.4. The molecular weight excluding hydrogens is 244 g/mol. The number of nitrogens with zero attached hydrogens (tertiary/aromatic N) is 2. The maximum absolute atomic E-state index is 6.06. The first-order valence-electron chi connectivity index (χ1n) is 6.96. The zero-order chi connectivity index (χ0) is 12.5. The van der Waals surface area contributed by atoms with Crippen LogP contribution < -0.4 is 0 Å². The van der Waals surface area contributed by atoms with Crippen molar-refractivity contribution < 1.29 is 0 Å². The minimum Gasteiger partial charge on any atom is -0.298 e. The van der Waals surface area contributed by atoms with Crippen molar-refractivity contribution in [3.8, 4) is 0 Å². The number of rotatable bonds is 2. The van der Waals surface area contributed by atoms with Gasteiger partial charge in [-0.25, -0.2) is 0 Å². The molecule has 2 atom stereocenters. The topological polar surface area (TPSA) is 6.48 Å². The van der Waals surface area contributed by atoms with Crippen molar-refractivity contribution >= 4 is 11.6 Å². The highest BCUT2D eigenvalue weighted by Crippen LogP contribution is 2.27. The van der Waals surface area contributed by atoms with Crippen LogP contribution in [0.2, 0.25) is 5.02 Å². The minimum absolute atomic E-state index is 0.667. The first-order valence-corrected chi connectivity index (χ1v) is 7.34. The van der Waals surface area contributed by atoms with Gasteiger partial charge in [0.25, 0.3) is 0 Å². The lowest BCUT2D eigenvalue weighted by molar-refractivity contribution is 0.0470. The molecule has 2 heterocycles. The summed E-state index contributed by atoms with van der Waals surface area (Å²) in [5.74, 6) is 0. The Balaban J connectivity index is 1.69. The van der Waals surface area contributed by atoms with E-state index in [1.807, 2.05) is 12.1 Å². The summed E-state index contributed by atoms with van der Waals surface area (Å²) < 4.78 is 0. The highest BCUT2D eigenvalue weighted by molar-refractivity contribution is 6.30. The van der Waals surface area contributed by atoms with Crippen LogP contribution in [0, 0.1) is 0 Å². The summed E-state index contributed by atoms with van der Waals surface area (Å²) in [6.45, 7) is 7.14. The van der Waals surface area contributed by atoms with Crippen molar-refractivity contribution in [2.45, 2.75) is 38.4 Å². The van der Waals surface area contributed by atoms with Crippen LogP contribution in [0.15, 0.2) is 24.3 Å². The molecule has 0 unspecified atom stereocenters. The third-order valence-electron chi connectivity index (χ3n) is 4.50. The number of piperazine rings is 1. The van der Waals surface area contributed by atoms with E-state index in [0.29, 0.717) is 6.04 Å². The fourth-order valence-electron chi connectivity index (χ4n) is 3.47. The second-order valence-electron chi connectivity index (χ2n) is 5.59. The molecule has 3 rings (SSSR count). The molecule has 1 aromatic carbocycles. The van der Waals surface area contributed by atoms with Crippen LogP contribution in [-0.2, 0) is 6.54 Å². The highest BCUT2D eigenvalue weighted by Gasteiger charge is 2.36. The molecule has 1 aromatic rings. The molecule has 2 aliphatic heterocycles. The first-order chi connectivity index (χ1) is 8.74. The maximum Gasteiger partial charge on any atom is 0.0409 e. The van der Waals surface area contributed by atoms with E-state index >= 15 is 0 Å². The van der Waals surface area contributed by atoms with Crippen molar-refractivity contribution in [2.75, 3.05) is 19.6 Å². The Morgan fingerprint density at radius 3 is 3.00 bits per heavy atom. The summed E-state index contributed by atoms with van der Waals surface area (Å²) in [4.78, 5) is 5.28. The Morgan fingerprint density at radius 1 is 1.28 bits per heavy atom. The fraction of sp³-hybridized carbons (Fsp3) is 0.600. The molecule has 0 bridgehead atoms. The molecule has 3 heteroatoms. The van der Waals surface area contributed by atoms with E-state index in [9.17, 15) is 0 Å². The average molecular weight is 265 g/mol. The van der Waals surface area contributed by atoms with Gasteiger partial charge < -0.3 is 0 Å². The van der Waals surface area contributed by atoms with Gasteiger partial charge in [-0.05, 0) is 44.0 Å². The standard InChI is InChI=1S/C15H21ClN2/c1-12-15-6-3-7-17(15)8-9-18(12)11-13-4-2-5-14(16)10-13/h2,4-5,10,12,15H,3,6-9,11H2,1H3/t12-,15+/m1/s1. The summed E-state index contributed by atoms with van der Waals surface area (Å²) in [6.07, 6.45) is 2.74. The molecule has 0 radical (unpaired) electrons. The fourth-order valence-corrected chi connectivity index (χ4v) is 3.69. The molecule has 18 heavy (non-hydrogen) atoms. The van der Waals surface area contributed by atoms with Crippen LogP contribution in [0.3, 0.4) is 0 Å². The third kappa shape index (κ3) is 2.42. The van der Waals surface area contributed by atoms with Gasteiger partial charge in [0.15, 0.2) is 0 Å². The van der Waals surface area contributed by atoms with E-state index in [0.717, 1.165) is 17.6 Å². The molecule has 2 nitrogen and oxygen atoms in total. The maximum atomic E-state index is 6.06. The van der Waals surface area contributed by atoms with E-state index in [-0.39, 0.29) is 0 Å². The lowest BCUT2D eigenvalue weighted by Crippen LogP contribution is -2.55. The lowest BCUT2D eigenvalue weighted by atomic mass is 10.0. The zero-order valence-electron chi connectivity index (χ0n) is 11.0. The van der Waals surface area contributed by atoms with E-state index in [2.05, 4.69) is 28.9 Å². The number of benzene rings is 1. The predicted octanol–water partition coefficient (Wildman–Crippen LogP) is 3.01. The highest BCUT2D eigenvalue weighted by atomic mass is 35.5. The smallest absolute Gasteiger partial charge is 0.0409 e. The monoisotopic (exact) mass is 264 g/mol. The second kappa shape index (κ2) is 5.20. The molecular formula is C15H21ClN2. The quantitative estimate of drug-likeness (QED) is 0.810. The van der Waals surface area contributed by atoms with Crippen LogP contribution >= 0.6 is 11.6 Å². The van der Waals surface area contributed by atoms with Gasteiger partial charge in [0.05, 0.1) is 0 Å². The van der Waals surface area contributed by atoms with Gasteiger partial charge in [0.2, 0.25) is 0 Å². The van der Waals surface area contributed by atoms with Crippen LogP contribution in [0.1, 0.15) is 25.3 Å². The largest absolute Gasteiger partial charge is 0.298 e. The number of fused-ring (bicyclic) bond motifs is 1. The van der Waals surface area contributed by atoms with Gasteiger partial charge >= 0.3 is 0 Å². The SMILES string of the molecule is C[C@@H]1[C@@H]2CCCN2CCN1Cc1cccc(Cl)c1. The number of halogens is 1. The third-order valence-corrected chi connectivity index (χ3v) is 4.73. The summed E-state index contributed by atoms with van der Waals surface area (Å²) in [7, 11) is 0. The van der Waals surface area contributed by atoms with Crippen LogP contribution in [0.25, 0.3) is 0 Å². The Morgan fingerprint density at radius 2 is 2.17 bits per heavy atom. The molecule has 2 fully saturated rings. The van der Waals surface area contributed by atoms with Gasteiger partial charge in [-0.3, -0.25) is 9.80 Å². The van der Waals surface area contributed by atoms with Crippen LogP contribution in [0.5, 0.6) is 0 Å². The first kappa shape index (κ1) is 12.5. The molecule has 0 saturated carbocycles. The van der Waals surface area contributed by atoms with Crippen LogP contribution in [-0.4, -0.2) is 41.5 Å². The van der Waals surface area contributed by atoms with Crippen molar-refractivity contribution in [1.29, 1.82) is 0 Å². The molecule has 2 aliphatic rings. The predicted molar refractivity (Wildman–Crippen MR) is 75.9 cm³/mol. The molecule has 0 amide bonds. The van der Waals surface area contributed by atoms with Crippen LogP contribution in [0.4, 0.5) is 0 Å². The van der Waals surface area contributed by atoms with Gasteiger partial charge in [-0.2, -0.15) is 0 Å². The van der Waals surface area contributed by atoms with Crippen molar-refractivity contribution in [3.05, 3.63) is 34.9 Å². The van der Waals surface area contributed by atoms with Crippen molar-refractivity contribution in [3.63, 3.8) is 0 Å². The molecule has 98 valence electrons. The Labute approximate surface area is 115 Å². The minimum atomic E-state index is 0.667. The number of hydrogen-bond acceptors (Lipinski definition) is 2. The molecule has 0 spiro atoms. The Kier molecular flexibility index (Phi) is 3.60. The van der Waals surface area contributed by atoms with Gasteiger partial charge in [-0.1, -0.05) is 23.7 Å². The van der Waals surface area contributed by atoms with E-state index < -0.39 is 0 Å². The molecule has 0 aliphatic carbocycles. The second-order valence-corrected chi connectivity index (χ2v) is 6.02. The van der Waals surface area contributed by atoms with Crippen molar-refractivity contribution in [2.24, 2.45) is 0 Å². The summed E-state index contributed by atoms with van der Waals surface area (Å²) >= 11 is 6.06. The lowest BCUT2D eigenvalue weighted by Gasteiger charge is -2.43. The van der Waals surface area contributed by atoms with E-state index in [1.165, 1.54) is 38.0 Å². The Hall–Kier alpha value is -0.570. The summed E-state index contributed by atoms with van der Waals surface area (Å²) in [6, 6.07) is 9.71. The summed E-state index contributed by atoms with van der Waals surface area (Å²) in [5.41, 5.74) is 1.33. The van der Waals surface area contributed by atoms with Gasteiger partial charge in [-0.15, -0.1) is 0 Å². The van der Waals surface area contributed by atoms with E-state index in [4.69, 9.17) is 11.6 Å². The average Bonchev–Trinajstić information content (AvgIpc) is 2.82. The molecule has 2 saturated heterocycles. The molecule has 0 N–H and O–H groups in total. The van der Waals surface area contributed by atoms with Crippen molar-refractivity contribution in [1.82, 2.24) is 9.80 Å².